The summed E-state index contributed by atoms with van der Waals surface area (Å²) >= 11 is 0. The van der Waals surface area contributed by atoms with E-state index < -0.39 is 0 Å². The van der Waals surface area contributed by atoms with E-state index in [1.807, 2.05) is 42.6 Å². The molecule has 6 nitrogen and oxygen atoms in total. The van der Waals surface area contributed by atoms with Crippen molar-refractivity contribution in [3.05, 3.63) is 89.4 Å². The SMILES string of the molecule is N=c1c2c(ncn1CCO)Oc1ccc3ccccc3c1C2c1cccnc1. The number of nitrogens with zero attached hydrogens (tertiary/aromatic N) is 3. The molecule has 0 fully saturated rings. The first-order chi connectivity index (χ1) is 13.8. The first kappa shape index (κ1) is 16.6. The number of hydrogen-bond acceptors (Lipinski definition) is 5. The molecule has 0 spiro atoms. The molecule has 2 aromatic carbocycles. The zero-order chi connectivity index (χ0) is 19.1. The van der Waals surface area contributed by atoms with Crippen molar-refractivity contribution in [3.63, 3.8) is 0 Å². The summed E-state index contributed by atoms with van der Waals surface area (Å²) in [4.78, 5) is 8.75. The Labute approximate surface area is 161 Å². The number of pyridine rings is 1. The molecular formula is C22H18N4O2. The van der Waals surface area contributed by atoms with E-state index in [4.69, 9.17) is 10.1 Å². The zero-order valence-electron chi connectivity index (χ0n) is 15.0. The number of aliphatic hydroxyl groups is 1. The number of benzene rings is 2. The van der Waals surface area contributed by atoms with Gasteiger partial charge >= 0.3 is 0 Å². The van der Waals surface area contributed by atoms with Crippen LogP contribution < -0.4 is 10.2 Å². The van der Waals surface area contributed by atoms with Crippen LogP contribution in [0.3, 0.4) is 0 Å². The van der Waals surface area contributed by atoms with Crippen molar-refractivity contribution in [3.8, 4) is 11.6 Å². The molecule has 1 aliphatic rings. The lowest BCUT2D eigenvalue weighted by Crippen LogP contribution is -2.30. The van der Waals surface area contributed by atoms with Gasteiger partial charge in [0.2, 0.25) is 5.88 Å². The summed E-state index contributed by atoms with van der Waals surface area (Å²) in [7, 11) is 0. The third-order valence-electron chi connectivity index (χ3n) is 5.16. The molecule has 28 heavy (non-hydrogen) atoms. The molecule has 3 heterocycles. The molecule has 0 aliphatic carbocycles. The molecule has 0 amide bonds. The van der Waals surface area contributed by atoms with Gasteiger partial charge in [-0.15, -0.1) is 0 Å². The number of rotatable bonds is 3. The highest BCUT2D eigenvalue weighted by molar-refractivity contribution is 5.90. The second-order valence-corrected chi connectivity index (χ2v) is 6.75. The lowest BCUT2D eigenvalue weighted by Gasteiger charge is -2.29. The summed E-state index contributed by atoms with van der Waals surface area (Å²) in [5, 5.41) is 20.3. The van der Waals surface area contributed by atoms with Crippen molar-refractivity contribution in [2.24, 2.45) is 0 Å². The molecule has 1 unspecified atom stereocenters. The normalized spacial score (nSPS) is 15.0. The Hall–Kier alpha value is -3.51. The molecule has 0 bridgehead atoms. The average Bonchev–Trinajstić information content (AvgIpc) is 2.75. The summed E-state index contributed by atoms with van der Waals surface area (Å²) in [6.45, 7) is 0.246. The van der Waals surface area contributed by atoms with Gasteiger partial charge in [0.1, 0.15) is 17.6 Å². The zero-order valence-corrected chi connectivity index (χ0v) is 15.0. The largest absolute Gasteiger partial charge is 0.438 e. The number of aromatic nitrogens is 3. The number of aliphatic hydroxyl groups excluding tert-OH is 1. The quantitative estimate of drug-likeness (QED) is 0.511. The minimum atomic E-state index is -0.232. The van der Waals surface area contributed by atoms with Crippen molar-refractivity contribution in [1.82, 2.24) is 14.5 Å². The van der Waals surface area contributed by atoms with Gasteiger partial charge in [0.15, 0.2) is 0 Å². The number of nitrogens with one attached hydrogen (secondary N) is 1. The van der Waals surface area contributed by atoms with E-state index in [0.29, 0.717) is 18.0 Å². The summed E-state index contributed by atoms with van der Waals surface area (Å²) in [5.41, 5.74) is 2.96. The Bertz CT molecular complexity index is 1230. The fraction of sp³-hybridized carbons (Fsp3) is 0.136. The fourth-order valence-corrected chi connectivity index (χ4v) is 3.92. The van der Waals surface area contributed by atoms with E-state index in [-0.39, 0.29) is 18.0 Å². The van der Waals surface area contributed by atoms with Gasteiger partial charge in [0.25, 0.3) is 0 Å². The second kappa shape index (κ2) is 6.58. The lowest BCUT2D eigenvalue weighted by atomic mass is 9.82. The number of hydrogen-bond donors (Lipinski definition) is 2. The van der Waals surface area contributed by atoms with Crippen molar-refractivity contribution < 1.29 is 9.84 Å². The van der Waals surface area contributed by atoms with Gasteiger partial charge in [-0.1, -0.05) is 36.4 Å². The van der Waals surface area contributed by atoms with Crippen LogP contribution in [0.15, 0.2) is 67.3 Å². The van der Waals surface area contributed by atoms with E-state index in [1.54, 1.807) is 17.1 Å². The summed E-state index contributed by atoms with van der Waals surface area (Å²) in [6, 6.07) is 16.1. The highest BCUT2D eigenvalue weighted by atomic mass is 16.5. The molecular weight excluding hydrogens is 352 g/mol. The minimum absolute atomic E-state index is 0.0606. The van der Waals surface area contributed by atoms with Crippen molar-refractivity contribution >= 4 is 10.8 Å². The van der Waals surface area contributed by atoms with Crippen LogP contribution in [0.2, 0.25) is 0 Å². The van der Waals surface area contributed by atoms with E-state index in [1.165, 1.54) is 0 Å². The molecule has 1 aliphatic heterocycles. The molecule has 1 atom stereocenters. The second-order valence-electron chi connectivity index (χ2n) is 6.75. The topological polar surface area (TPSA) is 84.0 Å². The molecule has 2 aromatic heterocycles. The van der Waals surface area contributed by atoms with Crippen LogP contribution in [-0.2, 0) is 6.54 Å². The van der Waals surface area contributed by atoms with Gasteiger partial charge in [-0.2, -0.15) is 0 Å². The molecule has 0 saturated carbocycles. The minimum Gasteiger partial charge on any atom is -0.438 e. The monoisotopic (exact) mass is 370 g/mol. The van der Waals surface area contributed by atoms with Gasteiger partial charge in [-0.05, 0) is 28.5 Å². The Morgan fingerprint density at radius 1 is 1.07 bits per heavy atom. The predicted molar refractivity (Wildman–Crippen MR) is 104 cm³/mol. The maximum Gasteiger partial charge on any atom is 0.228 e. The van der Waals surface area contributed by atoms with Crippen molar-refractivity contribution in [2.75, 3.05) is 6.61 Å². The average molecular weight is 370 g/mol. The molecule has 6 heteroatoms. The number of ether oxygens (including phenoxy) is 1. The first-order valence-corrected chi connectivity index (χ1v) is 9.12. The maximum atomic E-state index is 9.36. The summed E-state index contributed by atoms with van der Waals surface area (Å²) in [6.07, 6.45) is 5.11. The first-order valence-electron chi connectivity index (χ1n) is 9.12. The van der Waals surface area contributed by atoms with E-state index in [2.05, 4.69) is 22.1 Å². The van der Waals surface area contributed by atoms with Crippen LogP contribution in [0.5, 0.6) is 11.6 Å². The van der Waals surface area contributed by atoms with E-state index in [0.717, 1.165) is 27.6 Å². The Kier molecular flexibility index (Phi) is 3.91. The molecule has 4 aromatic rings. The van der Waals surface area contributed by atoms with Crippen LogP contribution in [0.25, 0.3) is 10.8 Å². The van der Waals surface area contributed by atoms with Crippen LogP contribution in [0.1, 0.15) is 22.6 Å². The fourth-order valence-electron chi connectivity index (χ4n) is 3.92. The molecule has 138 valence electrons. The van der Waals surface area contributed by atoms with Crippen molar-refractivity contribution in [1.29, 1.82) is 5.41 Å². The third-order valence-corrected chi connectivity index (χ3v) is 5.16. The lowest BCUT2D eigenvalue weighted by molar-refractivity contribution is 0.271. The Morgan fingerprint density at radius 2 is 1.96 bits per heavy atom. The van der Waals surface area contributed by atoms with Crippen LogP contribution in [0.4, 0.5) is 0 Å². The van der Waals surface area contributed by atoms with Gasteiger partial charge in [0.05, 0.1) is 12.2 Å². The van der Waals surface area contributed by atoms with Crippen molar-refractivity contribution in [2.45, 2.75) is 12.5 Å². The van der Waals surface area contributed by atoms with Gasteiger partial charge < -0.3 is 14.4 Å². The van der Waals surface area contributed by atoms with Crippen LogP contribution in [0, 0.1) is 5.41 Å². The Morgan fingerprint density at radius 3 is 2.79 bits per heavy atom. The molecule has 2 N–H and O–H groups in total. The van der Waals surface area contributed by atoms with Gasteiger partial charge in [-0.3, -0.25) is 10.4 Å². The molecule has 0 radical (unpaired) electrons. The third kappa shape index (κ3) is 2.50. The van der Waals surface area contributed by atoms with E-state index in [9.17, 15) is 5.11 Å². The summed E-state index contributed by atoms with van der Waals surface area (Å²) < 4.78 is 7.76. The van der Waals surface area contributed by atoms with Crippen LogP contribution >= 0.6 is 0 Å². The Balaban J connectivity index is 1.86. The van der Waals surface area contributed by atoms with E-state index >= 15 is 0 Å². The summed E-state index contributed by atoms with van der Waals surface area (Å²) in [5.74, 6) is 0.937. The van der Waals surface area contributed by atoms with Crippen LogP contribution in [-0.4, -0.2) is 26.2 Å². The molecule has 0 saturated heterocycles. The van der Waals surface area contributed by atoms with Gasteiger partial charge in [-0.25, -0.2) is 4.98 Å². The molecule has 5 rings (SSSR count). The highest BCUT2D eigenvalue weighted by Gasteiger charge is 2.33. The maximum absolute atomic E-state index is 9.36. The number of fused-ring (bicyclic) bond motifs is 4. The highest BCUT2D eigenvalue weighted by Crippen LogP contribution is 2.47. The standard InChI is InChI=1S/C22H18N4O2/c23-21-20-18(15-5-3-9-24-12-15)19-16-6-2-1-4-14(16)7-8-17(19)28-22(20)25-13-26(21)10-11-27/h1-9,12-13,18,23,27H,10-11H2. The van der Waals surface area contributed by atoms with Gasteiger partial charge in [0, 0.05) is 30.4 Å². The predicted octanol–water partition coefficient (Wildman–Crippen LogP) is 3.19. The smallest absolute Gasteiger partial charge is 0.228 e.